The number of ketones is 1. The van der Waals surface area contributed by atoms with Crippen molar-refractivity contribution in [3.8, 4) is 0 Å². The predicted molar refractivity (Wildman–Crippen MR) is 59.8 cm³/mol. The van der Waals surface area contributed by atoms with Crippen molar-refractivity contribution in [2.75, 3.05) is 24.6 Å². The normalized spacial score (nSPS) is 20.2. The predicted octanol–water partition coefficient (Wildman–Crippen LogP) is 0.00270. The molecule has 0 saturated carbocycles. The zero-order valence-electron chi connectivity index (χ0n) is 9.44. The molecule has 5 nitrogen and oxygen atoms in total. The molecule has 1 amide bonds. The Labute approximate surface area is 95.7 Å². The van der Waals surface area contributed by atoms with Gasteiger partial charge in [-0.3, -0.25) is 4.79 Å². The third kappa shape index (κ3) is 4.30. The van der Waals surface area contributed by atoms with Gasteiger partial charge in [0.15, 0.2) is 9.84 Å². The van der Waals surface area contributed by atoms with E-state index >= 15 is 0 Å². The average molecular weight is 247 g/mol. The summed E-state index contributed by atoms with van der Waals surface area (Å²) in [5.41, 5.74) is 0. The van der Waals surface area contributed by atoms with E-state index in [-0.39, 0.29) is 42.6 Å². The Morgan fingerprint density at radius 2 is 1.81 bits per heavy atom. The molecule has 1 saturated heterocycles. The van der Waals surface area contributed by atoms with Gasteiger partial charge >= 0.3 is 0 Å². The van der Waals surface area contributed by atoms with Crippen molar-refractivity contribution in [3.05, 3.63) is 0 Å². The molecule has 0 radical (unpaired) electrons. The van der Waals surface area contributed by atoms with Crippen LogP contribution in [0.15, 0.2) is 0 Å². The number of sulfone groups is 1. The molecule has 0 aromatic rings. The van der Waals surface area contributed by atoms with Crippen molar-refractivity contribution in [3.63, 3.8) is 0 Å². The third-order valence-corrected chi connectivity index (χ3v) is 4.31. The molecule has 1 rings (SSSR count). The molecule has 6 heteroatoms. The molecule has 0 aromatic heterocycles. The second-order valence-corrected chi connectivity index (χ2v) is 6.39. The number of amides is 1. The smallest absolute Gasteiger partial charge is 0.223 e. The lowest BCUT2D eigenvalue weighted by Crippen LogP contribution is -2.33. The molecule has 0 unspecified atom stereocenters. The molecule has 0 spiro atoms. The van der Waals surface area contributed by atoms with E-state index in [0.717, 1.165) is 0 Å². The van der Waals surface area contributed by atoms with Gasteiger partial charge in [-0.15, -0.1) is 0 Å². The van der Waals surface area contributed by atoms with Gasteiger partial charge in [0.2, 0.25) is 5.91 Å². The highest BCUT2D eigenvalue weighted by Crippen LogP contribution is 2.07. The van der Waals surface area contributed by atoms with Crippen molar-refractivity contribution in [1.29, 1.82) is 0 Å². The first-order valence-electron chi connectivity index (χ1n) is 5.38. The Bertz CT molecular complexity index is 374. The maximum atomic E-state index is 11.6. The van der Waals surface area contributed by atoms with Gasteiger partial charge in [0.1, 0.15) is 5.78 Å². The van der Waals surface area contributed by atoms with Crippen LogP contribution in [0.25, 0.3) is 0 Å². The van der Waals surface area contributed by atoms with Gasteiger partial charge in [-0.1, -0.05) is 0 Å². The van der Waals surface area contributed by atoms with Crippen LogP contribution in [-0.2, 0) is 19.4 Å². The molecule has 0 aromatic carbocycles. The number of carbonyl (C=O) groups excluding carboxylic acids is 2. The van der Waals surface area contributed by atoms with E-state index in [2.05, 4.69) is 0 Å². The molecule has 1 aliphatic heterocycles. The van der Waals surface area contributed by atoms with Gasteiger partial charge < -0.3 is 9.69 Å². The molecule has 1 heterocycles. The van der Waals surface area contributed by atoms with E-state index in [1.165, 1.54) is 6.92 Å². The van der Waals surface area contributed by atoms with Crippen LogP contribution >= 0.6 is 0 Å². The maximum absolute atomic E-state index is 11.6. The third-order valence-electron chi connectivity index (χ3n) is 2.60. The second-order valence-electron chi connectivity index (χ2n) is 4.09. The van der Waals surface area contributed by atoms with Gasteiger partial charge in [0.25, 0.3) is 0 Å². The number of rotatable bonds is 3. The van der Waals surface area contributed by atoms with E-state index in [4.69, 9.17) is 0 Å². The Hall–Kier alpha value is -0.910. The van der Waals surface area contributed by atoms with Crippen molar-refractivity contribution in [1.82, 2.24) is 4.90 Å². The SMILES string of the molecule is CC(=O)CCC(=O)N1CCCS(=O)(=O)CC1. The Balaban J connectivity index is 2.48. The van der Waals surface area contributed by atoms with Crippen LogP contribution in [0.4, 0.5) is 0 Å². The van der Waals surface area contributed by atoms with Crippen LogP contribution < -0.4 is 0 Å². The molecule has 1 fully saturated rings. The lowest BCUT2D eigenvalue weighted by atomic mass is 10.2. The minimum absolute atomic E-state index is 0.0178. The molecule has 0 aliphatic carbocycles. The topological polar surface area (TPSA) is 71.5 Å². The number of nitrogens with zero attached hydrogens (tertiary/aromatic N) is 1. The Morgan fingerprint density at radius 1 is 1.12 bits per heavy atom. The van der Waals surface area contributed by atoms with Crippen molar-refractivity contribution in [2.24, 2.45) is 0 Å². The zero-order chi connectivity index (χ0) is 12.2. The molecule has 1 aliphatic rings. The van der Waals surface area contributed by atoms with Gasteiger partial charge in [0, 0.05) is 25.9 Å². The highest BCUT2D eigenvalue weighted by atomic mass is 32.2. The monoisotopic (exact) mass is 247 g/mol. The first-order chi connectivity index (χ1) is 7.41. The van der Waals surface area contributed by atoms with Crippen molar-refractivity contribution < 1.29 is 18.0 Å². The Morgan fingerprint density at radius 3 is 2.44 bits per heavy atom. The first-order valence-corrected chi connectivity index (χ1v) is 7.20. The summed E-state index contributed by atoms with van der Waals surface area (Å²) in [6, 6.07) is 0. The van der Waals surface area contributed by atoms with Crippen LogP contribution in [0.1, 0.15) is 26.2 Å². The van der Waals surface area contributed by atoms with E-state index < -0.39 is 9.84 Å². The highest BCUT2D eigenvalue weighted by molar-refractivity contribution is 7.91. The molecule has 0 N–H and O–H groups in total. The summed E-state index contributed by atoms with van der Waals surface area (Å²) in [6.07, 6.45) is 0.922. The van der Waals surface area contributed by atoms with Crippen LogP contribution in [0, 0.1) is 0 Å². The van der Waals surface area contributed by atoms with Crippen molar-refractivity contribution >= 4 is 21.5 Å². The summed E-state index contributed by atoms with van der Waals surface area (Å²) in [4.78, 5) is 23.9. The lowest BCUT2D eigenvalue weighted by molar-refractivity contribution is -0.132. The van der Waals surface area contributed by atoms with E-state index in [1.54, 1.807) is 4.90 Å². The number of hydrogen-bond donors (Lipinski definition) is 0. The number of Topliss-reactive ketones (excluding diaryl/α,β-unsaturated/α-hetero) is 1. The quantitative estimate of drug-likeness (QED) is 0.704. The summed E-state index contributed by atoms with van der Waals surface area (Å²) in [6.45, 7) is 2.19. The fourth-order valence-electron chi connectivity index (χ4n) is 1.63. The van der Waals surface area contributed by atoms with Gasteiger partial charge in [-0.05, 0) is 13.3 Å². The van der Waals surface area contributed by atoms with E-state index in [9.17, 15) is 18.0 Å². The summed E-state index contributed by atoms with van der Waals surface area (Å²) >= 11 is 0. The fraction of sp³-hybridized carbons (Fsp3) is 0.800. The van der Waals surface area contributed by atoms with Crippen molar-refractivity contribution in [2.45, 2.75) is 26.2 Å². The van der Waals surface area contributed by atoms with Crippen LogP contribution in [0.3, 0.4) is 0 Å². The number of hydrogen-bond acceptors (Lipinski definition) is 4. The molecule has 16 heavy (non-hydrogen) atoms. The zero-order valence-corrected chi connectivity index (χ0v) is 10.3. The second kappa shape index (κ2) is 5.43. The number of carbonyl (C=O) groups is 2. The largest absolute Gasteiger partial charge is 0.342 e. The molecule has 0 bridgehead atoms. The molecule has 0 atom stereocenters. The lowest BCUT2D eigenvalue weighted by Gasteiger charge is -2.19. The standard InChI is InChI=1S/C10H17NO4S/c1-9(12)3-4-10(13)11-5-2-7-16(14,15)8-6-11/h2-8H2,1H3. The Kier molecular flexibility index (Phi) is 4.46. The van der Waals surface area contributed by atoms with Gasteiger partial charge in [0.05, 0.1) is 11.5 Å². The maximum Gasteiger partial charge on any atom is 0.223 e. The average Bonchev–Trinajstić information content (AvgIpc) is 2.35. The van der Waals surface area contributed by atoms with Gasteiger partial charge in [-0.25, -0.2) is 8.42 Å². The summed E-state index contributed by atoms with van der Waals surface area (Å²) in [7, 11) is -2.98. The van der Waals surface area contributed by atoms with Crippen LogP contribution in [0.5, 0.6) is 0 Å². The van der Waals surface area contributed by atoms with E-state index in [1.807, 2.05) is 0 Å². The van der Waals surface area contributed by atoms with Crippen LogP contribution in [0.2, 0.25) is 0 Å². The molecular weight excluding hydrogens is 230 g/mol. The van der Waals surface area contributed by atoms with Gasteiger partial charge in [-0.2, -0.15) is 0 Å². The van der Waals surface area contributed by atoms with Crippen LogP contribution in [-0.4, -0.2) is 49.6 Å². The summed E-state index contributed by atoms with van der Waals surface area (Å²) in [5, 5.41) is 0. The fourth-order valence-corrected chi connectivity index (χ4v) is 2.90. The summed E-state index contributed by atoms with van der Waals surface area (Å²) < 4.78 is 22.6. The first kappa shape index (κ1) is 13.2. The van der Waals surface area contributed by atoms with E-state index in [0.29, 0.717) is 13.0 Å². The summed E-state index contributed by atoms with van der Waals surface area (Å²) in [5.74, 6) is 0.0607. The highest BCUT2D eigenvalue weighted by Gasteiger charge is 2.22. The molecular formula is C10H17NO4S. The molecule has 92 valence electrons. The minimum atomic E-state index is -2.98. The minimum Gasteiger partial charge on any atom is -0.342 e.